The van der Waals surface area contributed by atoms with E-state index in [1.54, 1.807) is 0 Å². The predicted molar refractivity (Wildman–Crippen MR) is 72.2 cm³/mol. The van der Waals surface area contributed by atoms with Crippen molar-refractivity contribution in [1.29, 1.82) is 0 Å². The summed E-state index contributed by atoms with van der Waals surface area (Å²) in [4.78, 5) is 5.67. The Morgan fingerprint density at radius 1 is 1.06 bits per heavy atom. The normalized spacial score (nSPS) is 44.1. The molecule has 98 valence electrons. The van der Waals surface area contributed by atoms with Crippen LogP contribution in [0.1, 0.15) is 52.4 Å². The average Bonchev–Trinajstić information content (AvgIpc) is 2.94. The predicted octanol–water partition coefficient (Wildman–Crippen LogP) is 2.73. The van der Waals surface area contributed by atoms with Gasteiger partial charge in [0.25, 0.3) is 0 Å². The minimum atomic E-state index is 0.847. The molecule has 17 heavy (non-hydrogen) atoms. The van der Waals surface area contributed by atoms with Crippen molar-refractivity contribution in [2.45, 2.75) is 70.5 Å². The van der Waals surface area contributed by atoms with E-state index in [-0.39, 0.29) is 0 Å². The van der Waals surface area contributed by atoms with Gasteiger partial charge in [0.15, 0.2) is 0 Å². The van der Waals surface area contributed by atoms with Gasteiger partial charge in [0.2, 0.25) is 0 Å². The topological polar surface area (TPSA) is 6.48 Å². The van der Waals surface area contributed by atoms with Crippen molar-refractivity contribution < 1.29 is 0 Å². The van der Waals surface area contributed by atoms with Gasteiger partial charge < -0.3 is 0 Å². The molecular formula is C15H28N2. The Balaban J connectivity index is 1.69. The fourth-order valence-electron chi connectivity index (χ4n) is 4.40. The molecular weight excluding hydrogens is 208 g/mol. The van der Waals surface area contributed by atoms with Gasteiger partial charge in [-0.3, -0.25) is 9.80 Å². The highest BCUT2D eigenvalue weighted by atomic mass is 15.3. The molecule has 2 saturated heterocycles. The van der Waals surface area contributed by atoms with E-state index in [4.69, 9.17) is 0 Å². The van der Waals surface area contributed by atoms with E-state index in [0.717, 1.165) is 24.0 Å². The lowest BCUT2D eigenvalue weighted by atomic mass is 10.0. The smallest absolute Gasteiger partial charge is 0.0224 e. The van der Waals surface area contributed by atoms with E-state index in [1.165, 1.54) is 58.2 Å². The Hall–Kier alpha value is -0.0800. The van der Waals surface area contributed by atoms with E-state index in [1.807, 2.05) is 0 Å². The van der Waals surface area contributed by atoms with Crippen molar-refractivity contribution in [3.63, 3.8) is 0 Å². The Morgan fingerprint density at radius 3 is 2.65 bits per heavy atom. The molecule has 0 radical (unpaired) electrons. The van der Waals surface area contributed by atoms with Gasteiger partial charge in [-0.15, -0.1) is 0 Å². The highest BCUT2D eigenvalue weighted by Gasteiger charge is 2.39. The summed E-state index contributed by atoms with van der Waals surface area (Å²) in [6.45, 7) is 8.91. The maximum Gasteiger partial charge on any atom is 0.0224 e. The molecule has 1 aliphatic carbocycles. The van der Waals surface area contributed by atoms with Crippen LogP contribution >= 0.6 is 0 Å². The summed E-state index contributed by atoms with van der Waals surface area (Å²) >= 11 is 0. The zero-order valence-electron chi connectivity index (χ0n) is 11.6. The van der Waals surface area contributed by atoms with Crippen molar-refractivity contribution in [1.82, 2.24) is 9.80 Å². The Labute approximate surface area is 106 Å². The summed E-state index contributed by atoms with van der Waals surface area (Å²) in [7, 11) is 0. The first-order chi connectivity index (χ1) is 8.28. The van der Waals surface area contributed by atoms with Gasteiger partial charge in [-0.05, 0) is 51.0 Å². The molecule has 2 heterocycles. The molecule has 0 spiro atoms. The van der Waals surface area contributed by atoms with Crippen LogP contribution in [0.2, 0.25) is 0 Å². The van der Waals surface area contributed by atoms with E-state index < -0.39 is 0 Å². The lowest BCUT2D eigenvalue weighted by Crippen LogP contribution is -2.58. The molecule has 2 aliphatic heterocycles. The van der Waals surface area contributed by atoms with Crippen molar-refractivity contribution in [2.24, 2.45) is 5.92 Å². The van der Waals surface area contributed by atoms with E-state index >= 15 is 0 Å². The highest BCUT2D eigenvalue weighted by molar-refractivity contribution is 4.95. The number of nitrogens with zero attached hydrogens (tertiary/aromatic N) is 2. The van der Waals surface area contributed by atoms with E-state index in [0.29, 0.717) is 0 Å². The fourth-order valence-corrected chi connectivity index (χ4v) is 4.40. The quantitative estimate of drug-likeness (QED) is 0.727. The Bertz CT molecular complexity index is 266. The molecule has 3 fully saturated rings. The maximum absolute atomic E-state index is 2.90. The Kier molecular flexibility index (Phi) is 3.45. The first-order valence-electron chi connectivity index (χ1n) is 7.77. The summed E-state index contributed by atoms with van der Waals surface area (Å²) in [6.07, 6.45) is 8.62. The van der Waals surface area contributed by atoms with Crippen LogP contribution < -0.4 is 0 Å². The van der Waals surface area contributed by atoms with Crippen LogP contribution in [0, 0.1) is 5.92 Å². The molecule has 2 nitrogen and oxygen atoms in total. The zero-order chi connectivity index (χ0) is 11.8. The second kappa shape index (κ2) is 4.89. The summed E-state index contributed by atoms with van der Waals surface area (Å²) < 4.78 is 0. The zero-order valence-corrected chi connectivity index (χ0v) is 11.6. The van der Waals surface area contributed by atoms with Crippen LogP contribution in [0.25, 0.3) is 0 Å². The molecule has 4 unspecified atom stereocenters. The van der Waals surface area contributed by atoms with Gasteiger partial charge in [-0.1, -0.05) is 13.8 Å². The minimum Gasteiger partial charge on any atom is -0.298 e. The largest absolute Gasteiger partial charge is 0.298 e. The number of hydrogen-bond acceptors (Lipinski definition) is 2. The van der Waals surface area contributed by atoms with Crippen LogP contribution in [0.5, 0.6) is 0 Å². The fraction of sp³-hybridized carbons (Fsp3) is 1.00. The second-order valence-electron chi connectivity index (χ2n) is 6.62. The van der Waals surface area contributed by atoms with Gasteiger partial charge in [-0.25, -0.2) is 0 Å². The number of hydrogen-bond donors (Lipinski definition) is 0. The molecule has 0 amide bonds. The van der Waals surface area contributed by atoms with Gasteiger partial charge in [0, 0.05) is 31.2 Å². The van der Waals surface area contributed by atoms with Crippen LogP contribution in [-0.2, 0) is 0 Å². The summed E-state index contributed by atoms with van der Waals surface area (Å²) in [5, 5.41) is 0. The van der Waals surface area contributed by atoms with Gasteiger partial charge in [-0.2, -0.15) is 0 Å². The van der Waals surface area contributed by atoms with Gasteiger partial charge >= 0.3 is 0 Å². The second-order valence-corrected chi connectivity index (χ2v) is 6.62. The molecule has 4 atom stereocenters. The average molecular weight is 236 g/mol. The standard InChI is InChI=1S/C15H28N2/c1-3-13-10-16-8-4-5-15(16)11-17(13)14-7-6-12(2)9-14/h12-15H,3-11H2,1-2H3. The van der Waals surface area contributed by atoms with Crippen LogP contribution in [0.15, 0.2) is 0 Å². The van der Waals surface area contributed by atoms with Crippen molar-refractivity contribution in [2.75, 3.05) is 19.6 Å². The van der Waals surface area contributed by atoms with Crippen molar-refractivity contribution >= 4 is 0 Å². The van der Waals surface area contributed by atoms with Crippen LogP contribution in [0.4, 0.5) is 0 Å². The summed E-state index contributed by atoms with van der Waals surface area (Å²) in [5.74, 6) is 0.971. The van der Waals surface area contributed by atoms with Gasteiger partial charge in [0.05, 0.1) is 0 Å². The molecule has 0 bridgehead atoms. The molecule has 0 aromatic rings. The third-order valence-corrected chi connectivity index (χ3v) is 5.44. The lowest BCUT2D eigenvalue weighted by molar-refractivity contribution is 0.0192. The van der Waals surface area contributed by atoms with E-state index in [2.05, 4.69) is 23.6 Å². The minimum absolute atomic E-state index is 0.847. The van der Waals surface area contributed by atoms with E-state index in [9.17, 15) is 0 Å². The highest BCUT2D eigenvalue weighted by Crippen LogP contribution is 2.34. The molecule has 3 aliphatic rings. The first kappa shape index (κ1) is 12.0. The third kappa shape index (κ3) is 2.26. The molecule has 2 heteroatoms. The number of piperazine rings is 1. The maximum atomic E-state index is 2.90. The molecule has 1 saturated carbocycles. The molecule has 3 rings (SSSR count). The third-order valence-electron chi connectivity index (χ3n) is 5.44. The van der Waals surface area contributed by atoms with Gasteiger partial charge in [0.1, 0.15) is 0 Å². The van der Waals surface area contributed by atoms with Crippen LogP contribution in [0.3, 0.4) is 0 Å². The van der Waals surface area contributed by atoms with Crippen molar-refractivity contribution in [3.8, 4) is 0 Å². The van der Waals surface area contributed by atoms with Crippen molar-refractivity contribution in [3.05, 3.63) is 0 Å². The summed E-state index contributed by atoms with van der Waals surface area (Å²) in [6, 6.07) is 2.66. The monoisotopic (exact) mass is 236 g/mol. The number of rotatable bonds is 2. The molecule has 0 aromatic carbocycles. The molecule has 0 aromatic heterocycles. The number of fused-ring (bicyclic) bond motifs is 1. The Morgan fingerprint density at radius 2 is 1.94 bits per heavy atom. The summed E-state index contributed by atoms with van der Waals surface area (Å²) in [5.41, 5.74) is 0. The first-order valence-corrected chi connectivity index (χ1v) is 7.77. The SMILES string of the molecule is CCC1CN2CCCC2CN1C1CCC(C)C1. The molecule has 0 N–H and O–H groups in total. The lowest BCUT2D eigenvalue weighted by Gasteiger charge is -2.46. The van der Waals surface area contributed by atoms with Crippen LogP contribution in [-0.4, -0.2) is 47.6 Å².